The molecule has 0 aliphatic rings. The third kappa shape index (κ3) is 3.04. The number of aromatic nitrogens is 5. The van der Waals surface area contributed by atoms with E-state index in [2.05, 4.69) is 52.7 Å². The molecule has 0 amide bonds. The number of nitrogens with zero attached hydrogens (tertiary/aromatic N) is 6. The van der Waals surface area contributed by atoms with Crippen LogP contribution in [0.4, 0.5) is 0 Å². The highest BCUT2D eigenvalue weighted by Gasteiger charge is 2.04. The van der Waals surface area contributed by atoms with Crippen molar-refractivity contribution in [3.63, 3.8) is 0 Å². The van der Waals surface area contributed by atoms with Gasteiger partial charge in [-0.2, -0.15) is 10.4 Å². The molecule has 0 saturated heterocycles. The van der Waals surface area contributed by atoms with Crippen LogP contribution in [0.5, 0.6) is 0 Å². The fourth-order valence-electron chi connectivity index (χ4n) is 2.20. The van der Waals surface area contributed by atoms with Crippen LogP contribution in [0, 0.1) is 11.3 Å². The molecule has 3 rings (SSSR count). The number of benzene rings is 1. The first kappa shape index (κ1) is 14.0. The minimum atomic E-state index is 0.565. The average molecular weight is 292 g/mol. The number of nitriles is 1. The topological polar surface area (TPSA) is 72.3 Å². The van der Waals surface area contributed by atoms with E-state index < -0.39 is 0 Å². The largest absolute Gasteiger partial charge is 0.270 e. The standard InChI is InChI=1S/C16H16N6/c1-2-13-3-5-15(6-4-13)16-12-22(20-19-16)8-7-21-11-14(9-17)10-18-21/h3-6,10-12H,2,7-8H2,1H3. The zero-order chi connectivity index (χ0) is 15.4. The maximum absolute atomic E-state index is 8.77. The summed E-state index contributed by atoms with van der Waals surface area (Å²) in [4.78, 5) is 0. The second-order valence-corrected chi connectivity index (χ2v) is 5.02. The molecule has 0 bridgehead atoms. The van der Waals surface area contributed by atoms with E-state index in [0.717, 1.165) is 17.7 Å². The zero-order valence-corrected chi connectivity index (χ0v) is 12.3. The van der Waals surface area contributed by atoms with Crippen LogP contribution in [0.2, 0.25) is 0 Å². The minimum Gasteiger partial charge on any atom is -0.270 e. The van der Waals surface area contributed by atoms with Gasteiger partial charge in [0.15, 0.2) is 0 Å². The SMILES string of the molecule is CCc1ccc(-c2cn(CCn3cc(C#N)cn3)nn2)cc1. The molecule has 0 radical (unpaired) electrons. The summed E-state index contributed by atoms with van der Waals surface area (Å²) in [6, 6.07) is 10.4. The Balaban J connectivity index is 1.66. The first-order chi connectivity index (χ1) is 10.8. The molecule has 3 aromatic rings. The molecule has 0 saturated carbocycles. The van der Waals surface area contributed by atoms with Crippen molar-refractivity contribution in [3.05, 3.63) is 54.0 Å². The van der Waals surface area contributed by atoms with Gasteiger partial charge in [-0.3, -0.25) is 9.36 Å². The maximum atomic E-state index is 8.77. The van der Waals surface area contributed by atoms with Crippen LogP contribution in [0.15, 0.2) is 42.9 Å². The highest BCUT2D eigenvalue weighted by atomic mass is 15.4. The van der Waals surface area contributed by atoms with Gasteiger partial charge in [0.1, 0.15) is 11.8 Å². The number of hydrogen-bond donors (Lipinski definition) is 0. The zero-order valence-electron chi connectivity index (χ0n) is 12.3. The number of aryl methyl sites for hydroxylation is 3. The molecule has 6 nitrogen and oxygen atoms in total. The molecular weight excluding hydrogens is 276 g/mol. The molecule has 0 atom stereocenters. The van der Waals surface area contributed by atoms with Gasteiger partial charge in [0, 0.05) is 11.8 Å². The van der Waals surface area contributed by atoms with Crippen LogP contribution in [-0.4, -0.2) is 24.8 Å². The van der Waals surface area contributed by atoms with E-state index in [-0.39, 0.29) is 0 Å². The third-order valence-corrected chi connectivity index (χ3v) is 3.52. The van der Waals surface area contributed by atoms with Gasteiger partial charge in [-0.05, 0) is 12.0 Å². The first-order valence-electron chi connectivity index (χ1n) is 7.20. The third-order valence-electron chi connectivity index (χ3n) is 3.52. The van der Waals surface area contributed by atoms with E-state index >= 15 is 0 Å². The van der Waals surface area contributed by atoms with Crippen LogP contribution in [0.1, 0.15) is 18.1 Å². The van der Waals surface area contributed by atoms with Crippen LogP contribution >= 0.6 is 0 Å². The lowest BCUT2D eigenvalue weighted by atomic mass is 10.1. The van der Waals surface area contributed by atoms with Crippen LogP contribution in [-0.2, 0) is 19.5 Å². The van der Waals surface area contributed by atoms with Crippen molar-refractivity contribution in [2.75, 3.05) is 0 Å². The summed E-state index contributed by atoms with van der Waals surface area (Å²) >= 11 is 0. The van der Waals surface area contributed by atoms with Gasteiger partial charge in [-0.15, -0.1) is 5.10 Å². The summed E-state index contributed by atoms with van der Waals surface area (Å²) in [5.41, 5.74) is 3.80. The molecule has 2 aromatic heterocycles. The van der Waals surface area contributed by atoms with Gasteiger partial charge in [0.2, 0.25) is 0 Å². The Morgan fingerprint density at radius 2 is 1.86 bits per heavy atom. The fourth-order valence-corrected chi connectivity index (χ4v) is 2.20. The summed E-state index contributed by atoms with van der Waals surface area (Å²) in [6.07, 6.45) is 6.24. The Hall–Kier alpha value is -2.94. The van der Waals surface area contributed by atoms with Crippen LogP contribution in [0.25, 0.3) is 11.3 Å². The Morgan fingerprint density at radius 3 is 2.55 bits per heavy atom. The molecule has 1 aromatic carbocycles. The Kier molecular flexibility index (Phi) is 3.97. The normalized spacial score (nSPS) is 10.5. The van der Waals surface area contributed by atoms with E-state index in [0.29, 0.717) is 18.7 Å². The summed E-state index contributed by atoms with van der Waals surface area (Å²) in [5, 5.41) is 21.2. The lowest BCUT2D eigenvalue weighted by Gasteiger charge is -2.00. The van der Waals surface area contributed by atoms with Gasteiger partial charge >= 0.3 is 0 Å². The van der Waals surface area contributed by atoms with Gasteiger partial charge in [0.05, 0.1) is 31.0 Å². The van der Waals surface area contributed by atoms with Crippen molar-refractivity contribution in [2.45, 2.75) is 26.4 Å². The van der Waals surface area contributed by atoms with E-state index in [9.17, 15) is 0 Å². The molecule has 0 N–H and O–H groups in total. The minimum absolute atomic E-state index is 0.565. The van der Waals surface area contributed by atoms with Crippen LogP contribution in [0.3, 0.4) is 0 Å². The second-order valence-electron chi connectivity index (χ2n) is 5.02. The van der Waals surface area contributed by atoms with E-state index in [1.54, 1.807) is 21.8 Å². The average Bonchev–Trinajstić information content (AvgIpc) is 3.22. The summed E-state index contributed by atoms with van der Waals surface area (Å²) in [5.74, 6) is 0. The molecule has 110 valence electrons. The highest BCUT2D eigenvalue weighted by molar-refractivity contribution is 5.57. The van der Waals surface area contributed by atoms with Gasteiger partial charge < -0.3 is 0 Å². The second kappa shape index (κ2) is 6.22. The lowest BCUT2D eigenvalue weighted by molar-refractivity contribution is 0.489. The first-order valence-corrected chi connectivity index (χ1v) is 7.20. The van der Waals surface area contributed by atoms with Crippen molar-refractivity contribution < 1.29 is 0 Å². The summed E-state index contributed by atoms with van der Waals surface area (Å²) in [7, 11) is 0. The van der Waals surface area contributed by atoms with Crippen molar-refractivity contribution in [3.8, 4) is 17.3 Å². The van der Waals surface area contributed by atoms with Crippen molar-refractivity contribution >= 4 is 0 Å². The molecule has 2 heterocycles. The van der Waals surface area contributed by atoms with Crippen LogP contribution < -0.4 is 0 Å². The molecule has 22 heavy (non-hydrogen) atoms. The van der Waals surface area contributed by atoms with E-state index in [4.69, 9.17) is 5.26 Å². The Labute approximate surface area is 128 Å². The predicted molar refractivity (Wildman–Crippen MR) is 81.8 cm³/mol. The van der Waals surface area contributed by atoms with Gasteiger partial charge in [-0.25, -0.2) is 0 Å². The molecule has 0 aliphatic carbocycles. The lowest BCUT2D eigenvalue weighted by Crippen LogP contribution is -2.08. The maximum Gasteiger partial charge on any atom is 0.113 e. The van der Waals surface area contributed by atoms with Crippen molar-refractivity contribution in [1.29, 1.82) is 5.26 Å². The van der Waals surface area contributed by atoms with Gasteiger partial charge in [0.25, 0.3) is 0 Å². The summed E-state index contributed by atoms with van der Waals surface area (Å²) < 4.78 is 3.52. The number of rotatable bonds is 5. The van der Waals surface area contributed by atoms with Crippen molar-refractivity contribution in [2.24, 2.45) is 0 Å². The van der Waals surface area contributed by atoms with E-state index in [1.807, 2.05) is 6.20 Å². The Morgan fingerprint density at radius 1 is 1.09 bits per heavy atom. The molecule has 6 heteroatoms. The number of hydrogen-bond acceptors (Lipinski definition) is 4. The Bertz CT molecular complexity index is 791. The highest BCUT2D eigenvalue weighted by Crippen LogP contribution is 2.17. The molecule has 0 spiro atoms. The molecule has 0 fully saturated rings. The van der Waals surface area contributed by atoms with Gasteiger partial charge in [-0.1, -0.05) is 36.4 Å². The fraction of sp³-hybridized carbons (Fsp3) is 0.250. The quantitative estimate of drug-likeness (QED) is 0.723. The molecule has 0 unspecified atom stereocenters. The molecular formula is C16H16N6. The molecule has 0 aliphatic heterocycles. The smallest absolute Gasteiger partial charge is 0.113 e. The van der Waals surface area contributed by atoms with E-state index in [1.165, 1.54) is 5.56 Å². The van der Waals surface area contributed by atoms with Crippen molar-refractivity contribution in [1.82, 2.24) is 24.8 Å². The monoisotopic (exact) mass is 292 g/mol. The predicted octanol–water partition coefficient (Wildman–Crippen LogP) is 2.28. The summed E-state index contributed by atoms with van der Waals surface area (Å²) in [6.45, 7) is 3.45.